The largest absolute Gasteiger partial charge is 0.492 e. The molecule has 0 radical (unpaired) electrons. The van der Waals surface area contributed by atoms with Gasteiger partial charge in [-0.2, -0.15) is 0 Å². The second kappa shape index (κ2) is 7.14. The average molecular weight is 328 g/mol. The summed E-state index contributed by atoms with van der Waals surface area (Å²) in [4.78, 5) is 0. The first-order valence-electron chi connectivity index (χ1n) is 7.05. The number of halogens is 2. The van der Waals surface area contributed by atoms with Crippen LogP contribution in [0.15, 0.2) is 18.3 Å². The van der Waals surface area contributed by atoms with E-state index in [4.69, 9.17) is 27.9 Å². The zero-order valence-corrected chi connectivity index (χ0v) is 13.9. The topological polar surface area (TPSA) is 39.9 Å². The van der Waals surface area contributed by atoms with Crippen LogP contribution in [0.1, 0.15) is 37.9 Å². The summed E-state index contributed by atoms with van der Waals surface area (Å²) in [5.74, 6) is 0.892. The Morgan fingerprint density at radius 3 is 2.67 bits per heavy atom. The lowest BCUT2D eigenvalue weighted by Gasteiger charge is -2.17. The van der Waals surface area contributed by atoms with Gasteiger partial charge in [0.25, 0.3) is 0 Å². The number of hydrogen-bond donors (Lipinski definition) is 0. The maximum absolute atomic E-state index is 6.25. The molecule has 1 aromatic heterocycles. The Hall–Kier alpha value is -1.26. The van der Waals surface area contributed by atoms with Gasteiger partial charge in [-0.3, -0.25) is 4.68 Å². The van der Waals surface area contributed by atoms with Crippen LogP contribution < -0.4 is 4.74 Å². The Labute approximate surface area is 135 Å². The van der Waals surface area contributed by atoms with Crippen molar-refractivity contribution in [3.05, 3.63) is 39.6 Å². The molecule has 0 saturated carbocycles. The normalized spacial score (nSPS) is 12.4. The number of aromatic nitrogens is 3. The molecule has 6 heteroatoms. The van der Waals surface area contributed by atoms with Crippen molar-refractivity contribution in [2.75, 3.05) is 6.61 Å². The van der Waals surface area contributed by atoms with Crippen molar-refractivity contribution in [3.63, 3.8) is 0 Å². The van der Waals surface area contributed by atoms with E-state index in [0.29, 0.717) is 22.4 Å². The van der Waals surface area contributed by atoms with Crippen LogP contribution in [-0.4, -0.2) is 21.6 Å². The number of aryl methyl sites for hydroxylation is 1. The van der Waals surface area contributed by atoms with Crippen molar-refractivity contribution in [2.24, 2.45) is 0 Å². The van der Waals surface area contributed by atoms with Gasteiger partial charge in [-0.1, -0.05) is 35.3 Å². The van der Waals surface area contributed by atoms with Crippen molar-refractivity contribution in [1.82, 2.24) is 15.0 Å². The third-order valence-electron chi connectivity index (χ3n) is 3.28. The molecule has 1 unspecified atom stereocenters. The van der Waals surface area contributed by atoms with Gasteiger partial charge in [0.2, 0.25) is 0 Å². The maximum Gasteiger partial charge on any atom is 0.141 e. The zero-order chi connectivity index (χ0) is 15.4. The molecule has 0 fully saturated rings. The highest BCUT2D eigenvalue weighted by Crippen LogP contribution is 2.37. The smallest absolute Gasteiger partial charge is 0.141 e. The van der Waals surface area contributed by atoms with Crippen LogP contribution >= 0.6 is 23.2 Å². The van der Waals surface area contributed by atoms with E-state index in [1.807, 2.05) is 30.8 Å². The van der Waals surface area contributed by atoms with Crippen LogP contribution in [0.5, 0.6) is 5.75 Å². The van der Waals surface area contributed by atoms with Crippen molar-refractivity contribution in [2.45, 2.75) is 39.7 Å². The predicted molar refractivity (Wildman–Crippen MR) is 85.4 cm³/mol. The molecule has 114 valence electrons. The molecule has 0 bridgehead atoms. The summed E-state index contributed by atoms with van der Waals surface area (Å²) in [5.41, 5.74) is 1.95. The lowest BCUT2D eigenvalue weighted by Crippen LogP contribution is -2.04. The minimum atomic E-state index is 0.185. The minimum Gasteiger partial charge on any atom is -0.492 e. The summed E-state index contributed by atoms with van der Waals surface area (Å²) in [5, 5.41) is 9.40. The van der Waals surface area contributed by atoms with E-state index in [1.165, 1.54) is 0 Å². The Kier molecular flexibility index (Phi) is 5.48. The molecule has 0 spiro atoms. The molecule has 0 N–H and O–H groups in total. The van der Waals surface area contributed by atoms with Crippen LogP contribution in [0.2, 0.25) is 10.0 Å². The summed E-state index contributed by atoms with van der Waals surface area (Å²) >= 11 is 12.4. The molecular formula is C15H19Cl2N3O. The maximum atomic E-state index is 6.25. The molecule has 0 aliphatic heterocycles. The summed E-state index contributed by atoms with van der Waals surface area (Å²) in [6.07, 6.45) is 2.72. The fraction of sp³-hybridized carbons (Fsp3) is 0.467. The van der Waals surface area contributed by atoms with Gasteiger partial charge in [0, 0.05) is 23.3 Å². The van der Waals surface area contributed by atoms with E-state index in [0.717, 1.165) is 24.2 Å². The van der Waals surface area contributed by atoms with Gasteiger partial charge >= 0.3 is 0 Å². The molecule has 4 nitrogen and oxygen atoms in total. The third-order valence-corrected chi connectivity index (χ3v) is 3.78. The molecule has 1 atom stereocenters. The third kappa shape index (κ3) is 3.89. The van der Waals surface area contributed by atoms with Crippen molar-refractivity contribution in [3.8, 4) is 5.75 Å². The van der Waals surface area contributed by atoms with Crippen molar-refractivity contribution >= 4 is 23.2 Å². The van der Waals surface area contributed by atoms with Crippen LogP contribution in [0.25, 0.3) is 0 Å². The highest BCUT2D eigenvalue weighted by molar-refractivity contribution is 6.35. The summed E-state index contributed by atoms with van der Waals surface area (Å²) < 4.78 is 7.49. The first-order chi connectivity index (χ1) is 10.0. The van der Waals surface area contributed by atoms with Crippen LogP contribution in [0, 0.1) is 0 Å². The van der Waals surface area contributed by atoms with Gasteiger partial charge in [0.15, 0.2) is 0 Å². The van der Waals surface area contributed by atoms with Crippen LogP contribution in [-0.2, 0) is 13.0 Å². The molecule has 2 aromatic rings. The van der Waals surface area contributed by atoms with Gasteiger partial charge in [0.05, 0.1) is 17.3 Å². The highest BCUT2D eigenvalue weighted by Gasteiger charge is 2.18. The SMILES string of the molecule is CCOc1c(Cl)cc(Cl)cc1C(C)Cc1cn(CC)nn1. The minimum absolute atomic E-state index is 0.185. The van der Waals surface area contributed by atoms with E-state index in [9.17, 15) is 0 Å². The van der Waals surface area contributed by atoms with Gasteiger partial charge < -0.3 is 4.74 Å². The second-order valence-corrected chi connectivity index (χ2v) is 5.75. The quantitative estimate of drug-likeness (QED) is 0.791. The summed E-state index contributed by atoms with van der Waals surface area (Å²) in [7, 11) is 0. The molecule has 0 aliphatic rings. The van der Waals surface area contributed by atoms with Crippen LogP contribution in [0.4, 0.5) is 0 Å². The first kappa shape index (κ1) is 16.1. The van der Waals surface area contributed by atoms with Crippen molar-refractivity contribution < 1.29 is 4.74 Å². The molecular weight excluding hydrogens is 309 g/mol. The molecule has 0 amide bonds. The molecule has 2 rings (SSSR count). The second-order valence-electron chi connectivity index (χ2n) is 4.91. The first-order valence-corrected chi connectivity index (χ1v) is 7.81. The molecule has 1 aromatic carbocycles. The summed E-state index contributed by atoms with van der Waals surface area (Å²) in [6, 6.07) is 3.62. The lowest BCUT2D eigenvalue weighted by atomic mass is 9.95. The Morgan fingerprint density at radius 2 is 2.05 bits per heavy atom. The van der Waals surface area contributed by atoms with Crippen LogP contribution in [0.3, 0.4) is 0 Å². The Morgan fingerprint density at radius 1 is 1.29 bits per heavy atom. The van der Waals surface area contributed by atoms with E-state index in [2.05, 4.69) is 17.2 Å². The summed E-state index contributed by atoms with van der Waals surface area (Å²) in [6.45, 7) is 7.45. The molecule has 21 heavy (non-hydrogen) atoms. The number of rotatable bonds is 6. The van der Waals surface area contributed by atoms with E-state index in [1.54, 1.807) is 6.07 Å². The van der Waals surface area contributed by atoms with E-state index in [-0.39, 0.29) is 5.92 Å². The molecule has 0 aliphatic carbocycles. The number of nitrogens with zero attached hydrogens (tertiary/aromatic N) is 3. The number of benzene rings is 1. The monoisotopic (exact) mass is 327 g/mol. The van der Waals surface area contributed by atoms with Gasteiger partial charge in [-0.15, -0.1) is 5.10 Å². The van der Waals surface area contributed by atoms with Gasteiger partial charge in [-0.25, -0.2) is 0 Å². The standard InChI is InChI=1S/C15H19Cl2N3O/c1-4-20-9-12(18-19-20)6-10(3)13-7-11(16)8-14(17)15(13)21-5-2/h7-10H,4-6H2,1-3H3. The van der Waals surface area contributed by atoms with Crippen molar-refractivity contribution in [1.29, 1.82) is 0 Å². The number of ether oxygens (including phenoxy) is 1. The molecule has 1 heterocycles. The van der Waals surface area contributed by atoms with E-state index < -0.39 is 0 Å². The fourth-order valence-electron chi connectivity index (χ4n) is 2.25. The molecule has 0 saturated heterocycles. The van der Waals surface area contributed by atoms with Gasteiger partial charge in [0.1, 0.15) is 5.75 Å². The number of hydrogen-bond acceptors (Lipinski definition) is 3. The highest BCUT2D eigenvalue weighted by atomic mass is 35.5. The van der Waals surface area contributed by atoms with E-state index >= 15 is 0 Å². The predicted octanol–water partition coefficient (Wildman–Crippen LogP) is 4.35. The zero-order valence-electron chi connectivity index (χ0n) is 12.4. The Balaban J connectivity index is 2.26. The Bertz CT molecular complexity index is 613. The average Bonchev–Trinajstić information content (AvgIpc) is 2.89. The fourth-order valence-corrected chi connectivity index (χ4v) is 2.82. The lowest BCUT2D eigenvalue weighted by molar-refractivity contribution is 0.334. The van der Waals surface area contributed by atoms with Gasteiger partial charge in [-0.05, 0) is 38.3 Å².